The van der Waals surface area contributed by atoms with Crippen LogP contribution in [0.15, 0.2) is 0 Å². The summed E-state index contributed by atoms with van der Waals surface area (Å²) < 4.78 is 0. The Kier molecular flexibility index (Phi) is 3.89. The van der Waals surface area contributed by atoms with E-state index in [0.717, 1.165) is 0 Å². The Bertz CT molecular complexity index is 116. The summed E-state index contributed by atoms with van der Waals surface area (Å²) in [6.07, 6.45) is -0.947. The highest BCUT2D eigenvalue weighted by Gasteiger charge is 2.20. The fraction of sp³-hybridized carbons (Fsp3) is 0.750. The maximum atomic E-state index is 10.5. The predicted molar refractivity (Wildman–Crippen MR) is 32.7 cm³/mol. The van der Waals surface area contributed by atoms with Crippen LogP contribution in [-0.4, -0.2) is 28.4 Å². The summed E-state index contributed by atoms with van der Waals surface area (Å²) in [5, 5.41) is 16.9. The number of carbonyl (C=O) groups excluding carboxylic acids is 1. The summed E-state index contributed by atoms with van der Waals surface area (Å²) in [5.41, 5.74) is 3.39. The molecule has 60 valence electrons. The van der Waals surface area contributed by atoms with Gasteiger partial charge >= 0.3 is 0 Å². The molecule has 2 unspecified atom stereocenters. The Morgan fingerprint density at radius 1 is 1.70 bits per heavy atom. The van der Waals surface area contributed by atoms with Gasteiger partial charge in [-0.1, -0.05) is 0 Å². The Morgan fingerprint density at radius 2 is 2.20 bits per heavy atom. The zero-order valence-corrected chi connectivity index (χ0v) is 5.53. The van der Waals surface area contributed by atoms with E-state index in [0.29, 0.717) is 0 Å². The molecule has 6 heteroatoms. The van der Waals surface area contributed by atoms with E-state index < -0.39 is 18.1 Å². The molecule has 0 aromatic carbocycles. The van der Waals surface area contributed by atoms with Gasteiger partial charge < -0.3 is 5.11 Å². The van der Waals surface area contributed by atoms with Crippen molar-refractivity contribution in [1.29, 1.82) is 0 Å². The van der Waals surface area contributed by atoms with Gasteiger partial charge in [-0.25, -0.2) is 10.9 Å². The minimum absolute atomic E-state index is 0.766. The molecule has 6 nitrogen and oxygen atoms in total. The number of hydroxylamine groups is 1. The van der Waals surface area contributed by atoms with Gasteiger partial charge in [0.1, 0.15) is 6.04 Å². The summed E-state index contributed by atoms with van der Waals surface area (Å²) in [4.78, 5) is 10.5. The van der Waals surface area contributed by atoms with Crippen molar-refractivity contribution in [2.75, 3.05) is 0 Å². The molecule has 0 heterocycles. The van der Waals surface area contributed by atoms with Crippen molar-refractivity contribution >= 4 is 5.91 Å². The van der Waals surface area contributed by atoms with Crippen LogP contribution in [0.4, 0.5) is 0 Å². The Labute approximate surface area is 57.9 Å². The standard InChI is InChI=1S/C4H11N3O3/c1-2(8)3(6-5)4(9)7-10/h2-3,6,8,10H,5H2,1H3,(H,7,9). The maximum Gasteiger partial charge on any atom is 0.264 e. The second-order valence-electron chi connectivity index (χ2n) is 1.86. The van der Waals surface area contributed by atoms with Crippen molar-refractivity contribution in [3.05, 3.63) is 0 Å². The second kappa shape index (κ2) is 4.18. The molecule has 0 aromatic heterocycles. The van der Waals surface area contributed by atoms with E-state index in [1.807, 2.05) is 5.43 Å². The number of hydrogen-bond donors (Lipinski definition) is 5. The first-order valence-corrected chi connectivity index (χ1v) is 2.71. The van der Waals surface area contributed by atoms with Crippen LogP contribution in [-0.2, 0) is 4.79 Å². The van der Waals surface area contributed by atoms with E-state index in [-0.39, 0.29) is 0 Å². The molecular formula is C4H11N3O3. The molecule has 0 saturated carbocycles. The van der Waals surface area contributed by atoms with Gasteiger partial charge in [0, 0.05) is 0 Å². The summed E-state index contributed by atoms with van der Waals surface area (Å²) in [5.74, 6) is 4.10. The monoisotopic (exact) mass is 149 g/mol. The van der Waals surface area contributed by atoms with Crippen LogP contribution >= 0.6 is 0 Å². The predicted octanol–water partition coefficient (Wildman–Crippen LogP) is -2.30. The number of hydrazine groups is 1. The van der Waals surface area contributed by atoms with Gasteiger partial charge in [-0.2, -0.15) is 0 Å². The quantitative estimate of drug-likeness (QED) is 0.176. The number of amides is 1. The SMILES string of the molecule is CC(O)C(NN)C(=O)NO. The molecule has 0 rings (SSSR count). The first-order valence-electron chi connectivity index (χ1n) is 2.71. The molecule has 0 saturated heterocycles. The first kappa shape index (κ1) is 9.31. The van der Waals surface area contributed by atoms with Crippen molar-refractivity contribution in [1.82, 2.24) is 10.9 Å². The third-order valence-electron chi connectivity index (χ3n) is 1.05. The molecule has 0 aliphatic rings. The molecule has 0 aromatic rings. The number of carbonyl (C=O) groups is 1. The molecular weight excluding hydrogens is 138 g/mol. The van der Waals surface area contributed by atoms with Crippen molar-refractivity contribution in [3.63, 3.8) is 0 Å². The van der Waals surface area contributed by atoms with Gasteiger partial charge in [0.05, 0.1) is 6.10 Å². The molecule has 0 bridgehead atoms. The maximum absolute atomic E-state index is 10.5. The normalized spacial score (nSPS) is 16.0. The molecule has 1 amide bonds. The second-order valence-corrected chi connectivity index (χ2v) is 1.86. The fourth-order valence-corrected chi connectivity index (χ4v) is 0.504. The highest BCUT2D eigenvalue weighted by atomic mass is 16.5. The number of aliphatic hydroxyl groups excluding tert-OH is 1. The van der Waals surface area contributed by atoms with E-state index >= 15 is 0 Å². The van der Waals surface area contributed by atoms with Gasteiger partial charge in [0.25, 0.3) is 5.91 Å². The smallest absolute Gasteiger partial charge is 0.264 e. The van der Waals surface area contributed by atoms with Crippen LogP contribution in [0.1, 0.15) is 6.92 Å². The molecule has 0 spiro atoms. The number of nitrogens with two attached hydrogens (primary N) is 1. The van der Waals surface area contributed by atoms with Crippen LogP contribution in [0.3, 0.4) is 0 Å². The largest absolute Gasteiger partial charge is 0.391 e. The Balaban J connectivity index is 3.93. The van der Waals surface area contributed by atoms with Crippen molar-refractivity contribution < 1.29 is 15.1 Å². The zero-order valence-electron chi connectivity index (χ0n) is 5.53. The summed E-state index contributed by atoms with van der Waals surface area (Å²) in [6, 6.07) is -0.981. The van der Waals surface area contributed by atoms with Gasteiger partial charge in [0.15, 0.2) is 0 Å². The minimum atomic E-state index is -0.981. The van der Waals surface area contributed by atoms with Crippen LogP contribution < -0.4 is 16.7 Å². The molecule has 0 fully saturated rings. The number of hydrogen-bond acceptors (Lipinski definition) is 5. The zero-order chi connectivity index (χ0) is 8.15. The molecule has 0 aliphatic heterocycles. The lowest BCUT2D eigenvalue weighted by atomic mass is 10.2. The minimum Gasteiger partial charge on any atom is -0.391 e. The summed E-state index contributed by atoms with van der Waals surface area (Å²) in [7, 11) is 0. The lowest BCUT2D eigenvalue weighted by Crippen LogP contribution is -2.52. The van der Waals surface area contributed by atoms with E-state index in [4.69, 9.17) is 16.2 Å². The van der Waals surface area contributed by atoms with Gasteiger partial charge in [-0.15, -0.1) is 0 Å². The Morgan fingerprint density at radius 3 is 2.30 bits per heavy atom. The third-order valence-corrected chi connectivity index (χ3v) is 1.05. The molecule has 0 aliphatic carbocycles. The van der Waals surface area contributed by atoms with Gasteiger partial charge in [-0.05, 0) is 6.92 Å². The first-order chi connectivity index (χ1) is 4.63. The van der Waals surface area contributed by atoms with Crippen molar-refractivity contribution in [3.8, 4) is 0 Å². The molecule has 10 heavy (non-hydrogen) atoms. The molecule has 2 atom stereocenters. The molecule has 6 N–H and O–H groups in total. The van der Waals surface area contributed by atoms with Crippen LogP contribution in [0.5, 0.6) is 0 Å². The fourth-order valence-electron chi connectivity index (χ4n) is 0.504. The summed E-state index contributed by atoms with van der Waals surface area (Å²) >= 11 is 0. The van der Waals surface area contributed by atoms with Gasteiger partial charge in [0.2, 0.25) is 0 Å². The van der Waals surface area contributed by atoms with E-state index in [9.17, 15) is 4.79 Å². The van der Waals surface area contributed by atoms with E-state index in [1.165, 1.54) is 12.4 Å². The lowest BCUT2D eigenvalue weighted by molar-refractivity contribution is -0.133. The highest BCUT2D eigenvalue weighted by Crippen LogP contribution is 1.89. The lowest BCUT2D eigenvalue weighted by Gasteiger charge is -2.15. The third kappa shape index (κ3) is 2.28. The topological polar surface area (TPSA) is 108 Å². The number of nitrogens with one attached hydrogen (secondary N) is 2. The summed E-state index contributed by atoms with van der Waals surface area (Å²) in [6.45, 7) is 1.37. The average Bonchev–Trinajstić information content (AvgIpc) is 1.88. The average molecular weight is 149 g/mol. The highest BCUT2D eigenvalue weighted by molar-refractivity contribution is 5.81. The van der Waals surface area contributed by atoms with Gasteiger partial charge in [-0.3, -0.25) is 15.8 Å². The van der Waals surface area contributed by atoms with Crippen LogP contribution in [0.25, 0.3) is 0 Å². The molecule has 0 radical (unpaired) electrons. The van der Waals surface area contributed by atoms with E-state index in [1.54, 1.807) is 0 Å². The van der Waals surface area contributed by atoms with E-state index in [2.05, 4.69) is 0 Å². The van der Waals surface area contributed by atoms with Crippen LogP contribution in [0, 0.1) is 0 Å². The number of rotatable bonds is 3. The van der Waals surface area contributed by atoms with Crippen molar-refractivity contribution in [2.45, 2.75) is 19.1 Å². The Hall–Kier alpha value is -0.690. The van der Waals surface area contributed by atoms with Crippen LogP contribution in [0.2, 0.25) is 0 Å². The van der Waals surface area contributed by atoms with Crippen molar-refractivity contribution in [2.24, 2.45) is 5.84 Å². The number of aliphatic hydroxyl groups is 1.